The average molecular weight is 489 g/mol. The fourth-order valence-corrected chi connectivity index (χ4v) is 5.15. The van der Waals surface area contributed by atoms with Crippen molar-refractivity contribution in [3.63, 3.8) is 0 Å². The number of nitrogens with zero attached hydrogens (tertiary/aromatic N) is 1. The summed E-state index contributed by atoms with van der Waals surface area (Å²) in [5.74, 6) is -0.915. The van der Waals surface area contributed by atoms with Gasteiger partial charge < -0.3 is 10.6 Å². The van der Waals surface area contributed by atoms with E-state index in [4.69, 9.17) is 23.2 Å². The van der Waals surface area contributed by atoms with Crippen molar-refractivity contribution in [3.8, 4) is 0 Å². The predicted molar refractivity (Wildman–Crippen MR) is 121 cm³/mol. The van der Waals surface area contributed by atoms with Gasteiger partial charge in [-0.15, -0.1) is 11.3 Å². The van der Waals surface area contributed by atoms with Crippen molar-refractivity contribution in [2.24, 2.45) is 0 Å². The molecule has 1 heterocycles. The number of sulfonamides is 1. The standard InChI is InChI=1S/C19H19Cl2FN4O2S2/c1-23-14(8-12-3-2-4-13(20)7-12)11-25-17-10-16(22)18(9-15(17)21)30(27,28)26-19-24-5-6-29-19/h2-7,9-10,14,23,25H,8,11H2,1H3,(H,24,26)/t14-/m0/s1. The van der Waals surface area contributed by atoms with Gasteiger partial charge in [0.05, 0.1) is 10.7 Å². The number of hydrogen-bond donors (Lipinski definition) is 3. The second kappa shape index (κ2) is 9.93. The lowest BCUT2D eigenvalue weighted by molar-refractivity contribution is 0.569. The van der Waals surface area contributed by atoms with Crippen molar-refractivity contribution in [2.75, 3.05) is 23.6 Å². The number of nitrogens with one attached hydrogen (secondary N) is 3. The number of aromatic nitrogens is 1. The lowest BCUT2D eigenvalue weighted by Gasteiger charge is -2.19. The maximum absolute atomic E-state index is 14.6. The molecule has 0 aliphatic rings. The summed E-state index contributed by atoms with van der Waals surface area (Å²) in [6, 6.07) is 9.71. The molecule has 0 aliphatic carbocycles. The number of benzene rings is 2. The Kier molecular flexibility index (Phi) is 7.54. The number of halogens is 3. The van der Waals surface area contributed by atoms with Gasteiger partial charge in [0, 0.05) is 29.2 Å². The van der Waals surface area contributed by atoms with Gasteiger partial charge in [-0.1, -0.05) is 35.3 Å². The highest BCUT2D eigenvalue weighted by Gasteiger charge is 2.22. The molecule has 0 radical (unpaired) electrons. The van der Waals surface area contributed by atoms with Crippen LogP contribution in [0.2, 0.25) is 10.0 Å². The Hall–Kier alpha value is -1.91. The van der Waals surface area contributed by atoms with Crippen molar-refractivity contribution in [1.82, 2.24) is 10.3 Å². The Labute approximate surface area is 188 Å². The van der Waals surface area contributed by atoms with Gasteiger partial charge >= 0.3 is 0 Å². The first-order valence-corrected chi connectivity index (χ1v) is 12.0. The number of hydrogen-bond acceptors (Lipinski definition) is 6. The Morgan fingerprint density at radius 2 is 2.03 bits per heavy atom. The molecular weight excluding hydrogens is 470 g/mol. The van der Waals surface area contributed by atoms with E-state index in [1.54, 1.807) is 11.4 Å². The SMILES string of the molecule is CN[C@H](CNc1cc(F)c(S(=O)(=O)Nc2nccs2)cc1Cl)Cc1cccc(Cl)c1. The van der Waals surface area contributed by atoms with Crippen LogP contribution >= 0.6 is 34.5 Å². The lowest BCUT2D eigenvalue weighted by atomic mass is 10.1. The van der Waals surface area contributed by atoms with E-state index in [-0.39, 0.29) is 16.2 Å². The molecule has 0 aliphatic heterocycles. The molecule has 30 heavy (non-hydrogen) atoms. The molecule has 2 aromatic carbocycles. The van der Waals surface area contributed by atoms with Gasteiger partial charge in [-0.2, -0.15) is 0 Å². The summed E-state index contributed by atoms with van der Waals surface area (Å²) in [5.41, 5.74) is 1.35. The van der Waals surface area contributed by atoms with Crippen molar-refractivity contribution < 1.29 is 12.8 Å². The van der Waals surface area contributed by atoms with Gasteiger partial charge in [-0.3, -0.25) is 4.72 Å². The molecule has 3 N–H and O–H groups in total. The van der Waals surface area contributed by atoms with E-state index in [0.29, 0.717) is 23.7 Å². The third-order valence-corrected chi connectivity index (χ3v) is 7.00. The molecule has 0 fully saturated rings. The van der Waals surface area contributed by atoms with Crippen molar-refractivity contribution in [2.45, 2.75) is 17.4 Å². The monoisotopic (exact) mass is 488 g/mol. The maximum Gasteiger partial charge on any atom is 0.266 e. The summed E-state index contributed by atoms with van der Waals surface area (Å²) >= 11 is 13.3. The summed E-state index contributed by atoms with van der Waals surface area (Å²) in [4.78, 5) is 3.30. The van der Waals surface area contributed by atoms with Crippen molar-refractivity contribution >= 4 is 55.4 Å². The van der Waals surface area contributed by atoms with Gasteiger partial charge in [0.15, 0.2) is 5.13 Å². The number of anilines is 2. The van der Waals surface area contributed by atoms with E-state index >= 15 is 0 Å². The van der Waals surface area contributed by atoms with Crippen LogP contribution in [0.4, 0.5) is 15.2 Å². The number of likely N-dealkylation sites (N-methyl/N-ethyl adjacent to an activating group) is 1. The zero-order valence-electron chi connectivity index (χ0n) is 15.8. The molecule has 0 spiro atoms. The molecular formula is C19H19Cl2FN4O2S2. The Balaban J connectivity index is 1.71. The van der Waals surface area contributed by atoms with Gasteiger partial charge in [0.2, 0.25) is 0 Å². The third kappa shape index (κ3) is 5.83. The molecule has 11 heteroatoms. The predicted octanol–water partition coefficient (Wildman–Crippen LogP) is 4.63. The fraction of sp³-hybridized carbons (Fsp3) is 0.211. The van der Waals surface area contributed by atoms with Gasteiger partial charge in [-0.25, -0.2) is 17.8 Å². The van der Waals surface area contributed by atoms with Crippen LogP contribution in [0.5, 0.6) is 0 Å². The number of rotatable bonds is 9. The van der Waals surface area contributed by atoms with E-state index in [0.717, 1.165) is 29.0 Å². The molecule has 0 bridgehead atoms. The van der Waals surface area contributed by atoms with Crippen molar-refractivity contribution in [1.29, 1.82) is 0 Å². The van der Waals surface area contributed by atoms with Crippen LogP contribution in [0, 0.1) is 5.82 Å². The molecule has 1 aromatic heterocycles. The molecule has 0 saturated heterocycles. The maximum atomic E-state index is 14.6. The van der Waals surface area contributed by atoms with E-state index in [1.165, 1.54) is 6.20 Å². The largest absolute Gasteiger partial charge is 0.382 e. The molecule has 3 aromatic rings. The minimum atomic E-state index is -4.15. The van der Waals surface area contributed by atoms with Crippen LogP contribution < -0.4 is 15.4 Å². The van der Waals surface area contributed by atoms with Crippen LogP contribution in [0.3, 0.4) is 0 Å². The quantitative estimate of drug-likeness (QED) is 0.408. The van der Waals surface area contributed by atoms with E-state index < -0.39 is 20.7 Å². The summed E-state index contributed by atoms with van der Waals surface area (Å²) < 4.78 is 41.7. The molecule has 160 valence electrons. The van der Waals surface area contributed by atoms with E-state index in [9.17, 15) is 12.8 Å². The highest BCUT2D eigenvalue weighted by Crippen LogP contribution is 2.29. The molecule has 0 saturated carbocycles. The minimum absolute atomic E-state index is 0.0116. The number of thiazole rings is 1. The smallest absolute Gasteiger partial charge is 0.266 e. The second-order valence-corrected chi connectivity index (χ2v) is 9.79. The van der Waals surface area contributed by atoms with Gasteiger partial charge in [0.25, 0.3) is 10.0 Å². The fourth-order valence-electron chi connectivity index (χ4n) is 2.77. The summed E-state index contributed by atoms with van der Waals surface area (Å²) in [6.07, 6.45) is 2.13. The molecule has 1 atom stereocenters. The Bertz CT molecular complexity index is 1110. The summed E-state index contributed by atoms with van der Waals surface area (Å²) in [5, 5.41) is 8.75. The zero-order valence-corrected chi connectivity index (χ0v) is 19.0. The van der Waals surface area contributed by atoms with Gasteiger partial charge in [-0.05, 0) is 43.3 Å². The first-order valence-electron chi connectivity index (χ1n) is 8.85. The van der Waals surface area contributed by atoms with Crippen LogP contribution in [-0.2, 0) is 16.4 Å². The first kappa shape index (κ1) is 22.8. The highest BCUT2D eigenvalue weighted by molar-refractivity contribution is 7.93. The third-order valence-electron chi connectivity index (χ3n) is 4.28. The second-order valence-electron chi connectivity index (χ2n) is 6.41. The Morgan fingerprint density at radius 3 is 2.70 bits per heavy atom. The van der Waals surface area contributed by atoms with Crippen LogP contribution in [0.15, 0.2) is 52.9 Å². The molecule has 3 rings (SSSR count). The summed E-state index contributed by atoms with van der Waals surface area (Å²) in [6.45, 7) is 0.436. The average Bonchev–Trinajstić information content (AvgIpc) is 3.19. The molecule has 0 amide bonds. The minimum Gasteiger partial charge on any atom is -0.382 e. The van der Waals surface area contributed by atoms with Crippen LogP contribution in [0.25, 0.3) is 0 Å². The van der Waals surface area contributed by atoms with Crippen molar-refractivity contribution in [3.05, 3.63) is 69.4 Å². The van der Waals surface area contributed by atoms with E-state index in [1.807, 2.05) is 25.2 Å². The zero-order chi connectivity index (χ0) is 21.7. The topological polar surface area (TPSA) is 83.1 Å². The highest BCUT2D eigenvalue weighted by atomic mass is 35.5. The van der Waals surface area contributed by atoms with Crippen LogP contribution in [0.1, 0.15) is 5.56 Å². The van der Waals surface area contributed by atoms with Gasteiger partial charge in [0.1, 0.15) is 10.7 Å². The van der Waals surface area contributed by atoms with E-state index in [2.05, 4.69) is 20.3 Å². The summed E-state index contributed by atoms with van der Waals surface area (Å²) in [7, 11) is -2.33. The normalized spacial score (nSPS) is 12.5. The first-order chi connectivity index (χ1) is 14.3. The molecule has 0 unspecified atom stereocenters. The lowest BCUT2D eigenvalue weighted by Crippen LogP contribution is -2.34. The van der Waals surface area contributed by atoms with Crippen LogP contribution in [-0.4, -0.2) is 33.0 Å². The Morgan fingerprint density at radius 1 is 1.23 bits per heavy atom. The molecule has 6 nitrogen and oxygen atoms in total.